The molecule has 1 atom stereocenters. The summed E-state index contributed by atoms with van der Waals surface area (Å²) in [6.45, 7) is 4.24. The van der Waals surface area contributed by atoms with Crippen LogP contribution in [0.1, 0.15) is 25.8 Å². The van der Waals surface area contributed by atoms with Gasteiger partial charge in [-0.05, 0) is 32.4 Å². The van der Waals surface area contributed by atoms with E-state index in [1.54, 1.807) is 6.92 Å². The summed E-state index contributed by atoms with van der Waals surface area (Å²) >= 11 is 0. The molecule has 1 unspecified atom stereocenters. The first-order valence-corrected chi connectivity index (χ1v) is 6.57. The van der Waals surface area contributed by atoms with Gasteiger partial charge >= 0.3 is 5.97 Å². The van der Waals surface area contributed by atoms with Gasteiger partial charge in [-0.15, -0.1) is 0 Å². The summed E-state index contributed by atoms with van der Waals surface area (Å²) in [6.07, 6.45) is 0.922. The predicted molar refractivity (Wildman–Crippen MR) is 73.9 cm³/mol. The highest BCUT2D eigenvalue weighted by Gasteiger charge is 2.18. The third kappa shape index (κ3) is 6.15. The van der Waals surface area contributed by atoms with Crippen LogP contribution in [0.25, 0.3) is 0 Å². The van der Waals surface area contributed by atoms with Crippen LogP contribution in [0.5, 0.6) is 0 Å². The predicted octanol–water partition coefficient (Wildman–Crippen LogP) is 1.73. The molecule has 0 saturated carbocycles. The number of carbonyl (C=O) groups is 2. The molecule has 0 heterocycles. The largest absolute Gasteiger partial charge is 0.466 e. The quantitative estimate of drug-likeness (QED) is 0.726. The van der Waals surface area contributed by atoms with Gasteiger partial charge in [0.2, 0.25) is 0 Å². The monoisotopic (exact) mass is 263 g/mol. The van der Waals surface area contributed by atoms with Gasteiger partial charge in [0.15, 0.2) is 0 Å². The van der Waals surface area contributed by atoms with Crippen LogP contribution in [0.3, 0.4) is 0 Å². The van der Waals surface area contributed by atoms with Crippen LogP contribution in [-0.4, -0.2) is 30.9 Å². The van der Waals surface area contributed by atoms with Crippen LogP contribution >= 0.6 is 0 Å². The molecular formula is C15H21NO3. The molecule has 19 heavy (non-hydrogen) atoms. The number of hydrogen-bond donors (Lipinski definition) is 1. The van der Waals surface area contributed by atoms with E-state index in [0.29, 0.717) is 13.2 Å². The van der Waals surface area contributed by atoms with Gasteiger partial charge in [-0.3, -0.25) is 9.59 Å². The zero-order chi connectivity index (χ0) is 14.1. The molecule has 1 aromatic rings. The van der Waals surface area contributed by atoms with E-state index in [9.17, 15) is 9.59 Å². The second-order valence-corrected chi connectivity index (χ2v) is 4.36. The lowest BCUT2D eigenvalue weighted by Gasteiger charge is -2.15. The maximum Gasteiger partial charge on any atom is 0.307 e. The molecule has 0 aliphatic carbocycles. The minimum atomic E-state index is -0.456. The highest BCUT2D eigenvalue weighted by molar-refractivity contribution is 5.86. The van der Waals surface area contributed by atoms with E-state index < -0.39 is 6.04 Å². The van der Waals surface area contributed by atoms with Crippen molar-refractivity contribution < 1.29 is 14.3 Å². The van der Waals surface area contributed by atoms with Gasteiger partial charge in [-0.1, -0.05) is 30.3 Å². The molecule has 4 nitrogen and oxygen atoms in total. The van der Waals surface area contributed by atoms with E-state index in [-0.39, 0.29) is 18.2 Å². The number of ether oxygens (including phenoxy) is 1. The molecule has 1 aromatic carbocycles. The first-order valence-electron chi connectivity index (χ1n) is 6.57. The maximum absolute atomic E-state index is 11.5. The zero-order valence-corrected chi connectivity index (χ0v) is 11.5. The first-order chi connectivity index (χ1) is 9.13. The number of rotatable bonds is 8. The minimum absolute atomic E-state index is 0.0406. The van der Waals surface area contributed by atoms with E-state index in [0.717, 1.165) is 6.42 Å². The summed E-state index contributed by atoms with van der Waals surface area (Å²) in [5.74, 6) is -0.379. The van der Waals surface area contributed by atoms with Crippen LogP contribution in [0.15, 0.2) is 30.3 Å². The Bertz CT molecular complexity index is 403. The number of Topliss-reactive ketones (excluding diaryl/α,β-unsaturated/α-hetero) is 1. The molecule has 1 rings (SSSR count). The highest BCUT2D eigenvalue weighted by Crippen LogP contribution is 2.01. The Morgan fingerprint density at radius 1 is 1.26 bits per heavy atom. The van der Waals surface area contributed by atoms with Crippen molar-refractivity contribution in [2.24, 2.45) is 0 Å². The number of ketones is 1. The van der Waals surface area contributed by atoms with Crippen molar-refractivity contribution in [3.8, 4) is 0 Å². The Morgan fingerprint density at radius 3 is 2.53 bits per heavy atom. The van der Waals surface area contributed by atoms with Gasteiger partial charge in [0, 0.05) is 0 Å². The van der Waals surface area contributed by atoms with Gasteiger partial charge in [-0.2, -0.15) is 0 Å². The van der Waals surface area contributed by atoms with E-state index in [1.807, 2.05) is 30.3 Å². The van der Waals surface area contributed by atoms with E-state index in [4.69, 9.17) is 4.74 Å². The fraction of sp³-hybridized carbons (Fsp3) is 0.467. The van der Waals surface area contributed by atoms with Crippen molar-refractivity contribution >= 4 is 11.8 Å². The Labute approximate surface area is 114 Å². The van der Waals surface area contributed by atoms with Gasteiger partial charge in [0.1, 0.15) is 5.78 Å². The average molecular weight is 263 g/mol. The Morgan fingerprint density at radius 2 is 1.95 bits per heavy atom. The van der Waals surface area contributed by atoms with E-state index in [1.165, 1.54) is 12.5 Å². The Kier molecular flexibility index (Phi) is 6.82. The molecular weight excluding hydrogens is 242 g/mol. The molecule has 1 N–H and O–H groups in total. The fourth-order valence-corrected chi connectivity index (χ4v) is 1.78. The number of esters is 1. The SMILES string of the molecule is CCOC(=O)CC(NCCc1ccccc1)C(C)=O. The number of benzene rings is 1. The normalized spacial score (nSPS) is 11.9. The lowest BCUT2D eigenvalue weighted by molar-refractivity contribution is -0.145. The van der Waals surface area contributed by atoms with Crippen LogP contribution < -0.4 is 5.32 Å². The van der Waals surface area contributed by atoms with Gasteiger partial charge in [0.25, 0.3) is 0 Å². The zero-order valence-electron chi connectivity index (χ0n) is 11.5. The molecule has 4 heteroatoms. The number of carbonyl (C=O) groups excluding carboxylic acids is 2. The summed E-state index contributed by atoms with van der Waals surface area (Å²) in [5.41, 5.74) is 1.20. The van der Waals surface area contributed by atoms with Crippen LogP contribution in [0, 0.1) is 0 Å². The summed E-state index contributed by atoms with van der Waals surface area (Å²) in [4.78, 5) is 22.8. The molecule has 104 valence electrons. The minimum Gasteiger partial charge on any atom is -0.466 e. The summed E-state index contributed by atoms with van der Waals surface area (Å²) < 4.78 is 4.86. The second kappa shape index (κ2) is 8.43. The molecule has 0 aliphatic rings. The summed E-state index contributed by atoms with van der Waals surface area (Å²) in [5, 5.41) is 3.11. The fourth-order valence-electron chi connectivity index (χ4n) is 1.78. The summed E-state index contributed by atoms with van der Waals surface area (Å²) in [7, 11) is 0. The molecule has 0 radical (unpaired) electrons. The average Bonchev–Trinajstić information content (AvgIpc) is 2.39. The Hall–Kier alpha value is -1.68. The van der Waals surface area contributed by atoms with Crippen molar-refractivity contribution in [1.82, 2.24) is 5.32 Å². The molecule has 0 aliphatic heterocycles. The molecule has 0 aromatic heterocycles. The topological polar surface area (TPSA) is 55.4 Å². The van der Waals surface area contributed by atoms with Gasteiger partial charge in [0.05, 0.1) is 19.1 Å². The maximum atomic E-state index is 11.5. The van der Waals surface area contributed by atoms with Crippen molar-refractivity contribution in [2.45, 2.75) is 32.7 Å². The van der Waals surface area contributed by atoms with E-state index in [2.05, 4.69) is 5.32 Å². The molecule has 0 spiro atoms. The number of hydrogen-bond acceptors (Lipinski definition) is 4. The standard InChI is InChI=1S/C15H21NO3/c1-3-19-15(18)11-14(12(2)17)16-10-9-13-7-5-4-6-8-13/h4-8,14,16H,3,9-11H2,1-2H3. The molecule has 0 saturated heterocycles. The summed E-state index contributed by atoms with van der Waals surface area (Å²) in [6, 6.07) is 9.55. The molecule has 0 amide bonds. The lowest BCUT2D eigenvalue weighted by Crippen LogP contribution is -2.38. The Balaban J connectivity index is 2.38. The van der Waals surface area contributed by atoms with Crippen molar-refractivity contribution in [3.63, 3.8) is 0 Å². The number of nitrogens with one attached hydrogen (secondary N) is 1. The molecule has 0 bridgehead atoms. The van der Waals surface area contributed by atoms with Gasteiger partial charge in [-0.25, -0.2) is 0 Å². The van der Waals surface area contributed by atoms with Crippen LogP contribution in [0.4, 0.5) is 0 Å². The third-order valence-electron chi connectivity index (χ3n) is 2.81. The third-order valence-corrected chi connectivity index (χ3v) is 2.81. The van der Waals surface area contributed by atoms with E-state index >= 15 is 0 Å². The van der Waals surface area contributed by atoms with Crippen molar-refractivity contribution in [1.29, 1.82) is 0 Å². The second-order valence-electron chi connectivity index (χ2n) is 4.36. The smallest absolute Gasteiger partial charge is 0.307 e. The molecule has 0 fully saturated rings. The van der Waals surface area contributed by atoms with Crippen LogP contribution in [0.2, 0.25) is 0 Å². The van der Waals surface area contributed by atoms with Crippen molar-refractivity contribution in [2.75, 3.05) is 13.2 Å². The first kappa shape index (κ1) is 15.4. The highest BCUT2D eigenvalue weighted by atomic mass is 16.5. The lowest BCUT2D eigenvalue weighted by atomic mass is 10.1. The van der Waals surface area contributed by atoms with Gasteiger partial charge < -0.3 is 10.1 Å². The van der Waals surface area contributed by atoms with Crippen LogP contribution in [-0.2, 0) is 20.7 Å². The van der Waals surface area contributed by atoms with Crippen molar-refractivity contribution in [3.05, 3.63) is 35.9 Å².